The van der Waals surface area contributed by atoms with Crippen LogP contribution < -0.4 is 5.32 Å². The van der Waals surface area contributed by atoms with Gasteiger partial charge in [-0.05, 0) is 24.0 Å². The Labute approximate surface area is 119 Å². The largest absolute Gasteiger partial charge is 0.451 e. The number of nitrogens with one attached hydrogen (secondary N) is 1. The summed E-state index contributed by atoms with van der Waals surface area (Å²) >= 11 is 0. The maximum atomic E-state index is 12.1. The molecule has 1 heterocycles. The summed E-state index contributed by atoms with van der Waals surface area (Å²) in [4.78, 5) is 16.1. The van der Waals surface area contributed by atoms with Gasteiger partial charge >= 0.3 is 0 Å². The quantitative estimate of drug-likeness (QED) is 0.877. The summed E-state index contributed by atoms with van der Waals surface area (Å²) in [5.41, 5.74) is 4.14. The number of anilines is 1. The molecule has 0 aliphatic rings. The highest BCUT2D eigenvalue weighted by molar-refractivity contribution is 5.92. The van der Waals surface area contributed by atoms with Gasteiger partial charge in [-0.1, -0.05) is 32.0 Å². The summed E-state index contributed by atoms with van der Waals surface area (Å²) in [6.45, 7) is 4.19. The lowest BCUT2D eigenvalue weighted by atomic mass is 10.0. The van der Waals surface area contributed by atoms with Gasteiger partial charge in [-0.3, -0.25) is 4.79 Å². The summed E-state index contributed by atoms with van der Waals surface area (Å²) < 4.78 is 4.90. The number of aromatic nitrogens is 1. The number of carbonyl (C=O) groups excluding carboxylic acids is 1. The number of nitrogens with zero attached hydrogens (tertiary/aromatic N) is 1. The van der Waals surface area contributed by atoms with Crippen LogP contribution in [0.1, 0.15) is 37.1 Å². The lowest BCUT2D eigenvalue weighted by Crippen LogP contribution is -2.15. The summed E-state index contributed by atoms with van der Waals surface area (Å²) in [6, 6.07) is 6.17. The molecular formula is C16H20N2O2. The molecule has 0 atom stereocenters. The molecule has 1 aromatic heterocycles. The number of hydrogen-bond donors (Lipinski definition) is 1. The minimum Gasteiger partial charge on any atom is -0.451 e. The van der Waals surface area contributed by atoms with E-state index in [1.165, 1.54) is 17.5 Å². The standard InChI is InChI=1S/C16H20N2O2/c1-3-12-6-5-7-13(4-2)16(12)18-15(19)9-8-14-10-20-11-17-14/h5-7,10-11H,3-4,8-9H2,1-2H3,(H,18,19). The molecule has 1 N–H and O–H groups in total. The first-order valence-corrected chi connectivity index (χ1v) is 7.02. The van der Waals surface area contributed by atoms with E-state index in [0.717, 1.165) is 24.2 Å². The minimum atomic E-state index is 0.0172. The van der Waals surface area contributed by atoms with Gasteiger partial charge in [0, 0.05) is 18.5 Å². The Hall–Kier alpha value is -2.10. The molecule has 2 aromatic rings. The molecule has 0 spiro atoms. The molecule has 1 aromatic carbocycles. The van der Waals surface area contributed by atoms with Crippen LogP contribution in [0.4, 0.5) is 5.69 Å². The fourth-order valence-corrected chi connectivity index (χ4v) is 2.21. The molecule has 0 aliphatic carbocycles. The third kappa shape index (κ3) is 3.47. The molecule has 0 fully saturated rings. The van der Waals surface area contributed by atoms with Crippen molar-refractivity contribution in [3.05, 3.63) is 47.7 Å². The number of amides is 1. The van der Waals surface area contributed by atoms with Crippen molar-refractivity contribution in [2.24, 2.45) is 0 Å². The van der Waals surface area contributed by atoms with Crippen molar-refractivity contribution in [2.45, 2.75) is 39.5 Å². The summed E-state index contributed by atoms with van der Waals surface area (Å²) in [7, 11) is 0. The van der Waals surface area contributed by atoms with Gasteiger partial charge in [0.2, 0.25) is 5.91 Å². The Morgan fingerprint density at radius 2 is 1.95 bits per heavy atom. The lowest BCUT2D eigenvalue weighted by molar-refractivity contribution is -0.116. The minimum absolute atomic E-state index is 0.0172. The molecule has 106 valence electrons. The van der Waals surface area contributed by atoms with Crippen LogP contribution in [0.3, 0.4) is 0 Å². The molecule has 0 bridgehead atoms. The van der Waals surface area contributed by atoms with Crippen molar-refractivity contribution in [3.8, 4) is 0 Å². The van der Waals surface area contributed by atoms with Gasteiger partial charge in [-0.15, -0.1) is 0 Å². The van der Waals surface area contributed by atoms with E-state index < -0.39 is 0 Å². The maximum Gasteiger partial charge on any atom is 0.224 e. The van der Waals surface area contributed by atoms with E-state index >= 15 is 0 Å². The van der Waals surface area contributed by atoms with Crippen LogP contribution in [0.5, 0.6) is 0 Å². The molecule has 0 saturated carbocycles. The van der Waals surface area contributed by atoms with E-state index in [-0.39, 0.29) is 5.91 Å². The number of para-hydroxylation sites is 1. The Morgan fingerprint density at radius 3 is 2.50 bits per heavy atom. The second-order valence-electron chi connectivity index (χ2n) is 4.69. The molecule has 0 aliphatic heterocycles. The third-order valence-corrected chi connectivity index (χ3v) is 3.35. The first-order valence-electron chi connectivity index (χ1n) is 7.02. The number of hydrogen-bond acceptors (Lipinski definition) is 3. The van der Waals surface area contributed by atoms with Crippen molar-refractivity contribution >= 4 is 11.6 Å². The number of benzene rings is 1. The van der Waals surface area contributed by atoms with Gasteiger partial charge in [0.25, 0.3) is 0 Å². The highest BCUT2D eigenvalue weighted by atomic mass is 16.3. The maximum absolute atomic E-state index is 12.1. The van der Waals surface area contributed by atoms with Crippen LogP contribution in [0.2, 0.25) is 0 Å². The normalized spacial score (nSPS) is 10.5. The van der Waals surface area contributed by atoms with Crippen LogP contribution in [-0.4, -0.2) is 10.9 Å². The van der Waals surface area contributed by atoms with Crippen LogP contribution in [0.15, 0.2) is 35.3 Å². The Bertz CT molecular complexity index is 540. The van der Waals surface area contributed by atoms with E-state index in [2.05, 4.69) is 36.3 Å². The Kier molecular flexibility index (Phi) is 4.93. The van der Waals surface area contributed by atoms with Gasteiger partial charge in [-0.2, -0.15) is 0 Å². The predicted molar refractivity (Wildman–Crippen MR) is 78.7 cm³/mol. The van der Waals surface area contributed by atoms with E-state index in [1.54, 1.807) is 6.26 Å². The number of aryl methyl sites for hydroxylation is 3. The van der Waals surface area contributed by atoms with Crippen LogP contribution >= 0.6 is 0 Å². The van der Waals surface area contributed by atoms with Crippen molar-refractivity contribution < 1.29 is 9.21 Å². The third-order valence-electron chi connectivity index (χ3n) is 3.35. The first-order chi connectivity index (χ1) is 9.74. The average Bonchev–Trinajstić information content (AvgIpc) is 2.98. The van der Waals surface area contributed by atoms with Gasteiger partial charge in [0.15, 0.2) is 6.39 Å². The molecule has 0 radical (unpaired) electrons. The summed E-state index contributed by atoms with van der Waals surface area (Å²) in [5.74, 6) is 0.0172. The van der Waals surface area contributed by atoms with Gasteiger partial charge in [0.05, 0.1) is 5.69 Å². The van der Waals surface area contributed by atoms with Crippen molar-refractivity contribution in [1.82, 2.24) is 4.98 Å². The highest BCUT2D eigenvalue weighted by Gasteiger charge is 2.10. The van der Waals surface area contributed by atoms with Gasteiger partial charge in [0.1, 0.15) is 6.26 Å². The molecule has 20 heavy (non-hydrogen) atoms. The van der Waals surface area contributed by atoms with Crippen LogP contribution in [0.25, 0.3) is 0 Å². The topological polar surface area (TPSA) is 55.1 Å². The van der Waals surface area contributed by atoms with Crippen molar-refractivity contribution in [3.63, 3.8) is 0 Å². The molecule has 4 nitrogen and oxygen atoms in total. The van der Waals surface area contributed by atoms with Gasteiger partial charge in [-0.25, -0.2) is 4.98 Å². The van der Waals surface area contributed by atoms with Crippen LogP contribution in [-0.2, 0) is 24.1 Å². The monoisotopic (exact) mass is 272 g/mol. The van der Waals surface area contributed by atoms with E-state index in [4.69, 9.17) is 4.42 Å². The molecule has 4 heteroatoms. The van der Waals surface area contributed by atoms with E-state index in [1.807, 2.05) is 6.07 Å². The van der Waals surface area contributed by atoms with E-state index in [0.29, 0.717) is 12.8 Å². The van der Waals surface area contributed by atoms with Crippen molar-refractivity contribution in [1.29, 1.82) is 0 Å². The molecular weight excluding hydrogens is 252 g/mol. The zero-order valence-corrected chi connectivity index (χ0v) is 12.0. The number of carbonyl (C=O) groups is 1. The molecule has 1 amide bonds. The van der Waals surface area contributed by atoms with E-state index in [9.17, 15) is 4.79 Å². The highest BCUT2D eigenvalue weighted by Crippen LogP contribution is 2.22. The second-order valence-corrected chi connectivity index (χ2v) is 4.69. The average molecular weight is 272 g/mol. The van der Waals surface area contributed by atoms with Crippen molar-refractivity contribution in [2.75, 3.05) is 5.32 Å². The summed E-state index contributed by atoms with van der Waals surface area (Å²) in [5, 5.41) is 3.05. The second kappa shape index (κ2) is 6.89. The van der Waals surface area contributed by atoms with Gasteiger partial charge < -0.3 is 9.73 Å². The number of oxazole rings is 1. The SMILES string of the molecule is CCc1cccc(CC)c1NC(=O)CCc1cocn1. The Balaban J connectivity index is 2.03. The Morgan fingerprint density at radius 1 is 1.25 bits per heavy atom. The summed E-state index contributed by atoms with van der Waals surface area (Å²) in [6.07, 6.45) is 5.78. The zero-order valence-electron chi connectivity index (χ0n) is 12.0. The molecule has 0 saturated heterocycles. The predicted octanol–water partition coefficient (Wildman–Crippen LogP) is 3.37. The molecule has 0 unspecified atom stereocenters. The fourth-order valence-electron chi connectivity index (χ4n) is 2.21. The number of rotatable bonds is 6. The lowest BCUT2D eigenvalue weighted by Gasteiger charge is -2.14. The smallest absolute Gasteiger partial charge is 0.224 e. The molecule has 2 rings (SSSR count). The van der Waals surface area contributed by atoms with Crippen LogP contribution in [0, 0.1) is 0 Å². The zero-order chi connectivity index (χ0) is 14.4. The first kappa shape index (κ1) is 14.3. The fraction of sp³-hybridized carbons (Fsp3) is 0.375.